The highest BCUT2D eigenvalue weighted by atomic mass is 35.5. The molecule has 2 aromatic rings. The number of rotatable bonds is 8. The number of thiocarbonyl (C=S) groups is 1. The van der Waals surface area contributed by atoms with Crippen LogP contribution in [0.3, 0.4) is 0 Å². The van der Waals surface area contributed by atoms with Crippen LogP contribution in [0.15, 0.2) is 36.4 Å². The van der Waals surface area contributed by atoms with Gasteiger partial charge in [0.1, 0.15) is 0 Å². The molecule has 0 fully saturated rings. The second-order valence-electron chi connectivity index (χ2n) is 5.52. The standard InChI is InChI=1S/C20H23ClN2O4S/c1-4-25-16-10-13(11-17(26-5-2)18(16)27-6-3)19(24)23-20(28)22-15-9-7-8-14(21)12-15/h7-12H,4-6H2,1-3H3,(H2,22,23,24,28). The lowest BCUT2D eigenvalue weighted by Crippen LogP contribution is -2.34. The Kier molecular flexibility index (Phi) is 8.35. The summed E-state index contributed by atoms with van der Waals surface area (Å²) >= 11 is 11.2. The molecule has 2 aromatic carbocycles. The molecule has 0 aromatic heterocycles. The Morgan fingerprint density at radius 1 is 1.00 bits per heavy atom. The molecule has 0 bridgehead atoms. The van der Waals surface area contributed by atoms with E-state index in [1.54, 1.807) is 36.4 Å². The van der Waals surface area contributed by atoms with Crippen molar-refractivity contribution < 1.29 is 19.0 Å². The molecule has 6 nitrogen and oxygen atoms in total. The Morgan fingerprint density at radius 3 is 2.14 bits per heavy atom. The van der Waals surface area contributed by atoms with E-state index in [0.717, 1.165) is 0 Å². The third-order valence-electron chi connectivity index (χ3n) is 3.48. The van der Waals surface area contributed by atoms with Gasteiger partial charge in [-0.3, -0.25) is 10.1 Å². The Morgan fingerprint density at radius 2 is 1.61 bits per heavy atom. The molecule has 0 aliphatic rings. The monoisotopic (exact) mass is 422 g/mol. The van der Waals surface area contributed by atoms with Gasteiger partial charge in [0.15, 0.2) is 16.6 Å². The molecule has 0 unspecified atom stereocenters. The third kappa shape index (κ3) is 6.00. The van der Waals surface area contributed by atoms with Gasteiger partial charge in [0.2, 0.25) is 5.75 Å². The summed E-state index contributed by atoms with van der Waals surface area (Å²) in [5, 5.41) is 6.28. The van der Waals surface area contributed by atoms with E-state index in [9.17, 15) is 4.79 Å². The van der Waals surface area contributed by atoms with Crippen LogP contribution in [-0.4, -0.2) is 30.8 Å². The second-order valence-corrected chi connectivity index (χ2v) is 6.36. The second kappa shape index (κ2) is 10.7. The van der Waals surface area contributed by atoms with E-state index in [-0.39, 0.29) is 5.11 Å². The van der Waals surface area contributed by atoms with Crippen molar-refractivity contribution in [1.29, 1.82) is 0 Å². The summed E-state index contributed by atoms with van der Waals surface area (Å²) in [4.78, 5) is 12.7. The summed E-state index contributed by atoms with van der Waals surface area (Å²) in [5.41, 5.74) is 1.01. The van der Waals surface area contributed by atoms with Crippen molar-refractivity contribution in [2.24, 2.45) is 0 Å². The van der Waals surface area contributed by atoms with Crippen molar-refractivity contribution in [2.75, 3.05) is 25.1 Å². The third-order valence-corrected chi connectivity index (χ3v) is 3.92. The van der Waals surface area contributed by atoms with E-state index in [1.807, 2.05) is 20.8 Å². The molecule has 0 saturated heterocycles. The summed E-state index contributed by atoms with van der Waals surface area (Å²) in [7, 11) is 0. The van der Waals surface area contributed by atoms with Gasteiger partial charge in [-0.1, -0.05) is 17.7 Å². The Hall–Kier alpha value is -2.51. The molecule has 28 heavy (non-hydrogen) atoms. The number of benzene rings is 2. The minimum atomic E-state index is -0.399. The van der Waals surface area contributed by atoms with Crippen LogP contribution >= 0.6 is 23.8 Å². The van der Waals surface area contributed by atoms with Crippen molar-refractivity contribution >= 4 is 40.5 Å². The fourth-order valence-corrected chi connectivity index (χ4v) is 2.82. The smallest absolute Gasteiger partial charge is 0.257 e. The Labute approximate surface area is 175 Å². The number of nitrogens with one attached hydrogen (secondary N) is 2. The highest BCUT2D eigenvalue weighted by Crippen LogP contribution is 2.39. The minimum Gasteiger partial charge on any atom is -0.490 e. The van der Waals surface area contributed by atoms with E-state index >= 15 is 0 Å². The van der Waals surface area contributed by atoms with Gasteiger partial charge in [-0.2, -0.15) is 0 Å². The molecule has 1 amide bonds. The van der Waals surface area contributed by atoms with Gasteiger partial charge >= 0.3 is 0 Å². The van der Waals surface area contributed by atoms with E-state index in [4.69, 9.17) is 38.0 Å². The van der Waals surface area contributed by atoms with Gasteiger partial charge < -0.3 is 19.5 Å². The van der Waals surface area contributed by atoms with Gasteiger partial charge in [0.25, 0.3) is 5.91 Å². The highest BCUT2D eigenvalue weighted by molar-refractivity contribution is 7.80. The van der Waals surface area contributed by atoms with E-state index < -0.39 is 5.91 Å². The number of amides is 1. The van der Waals surface area contributed by atoms with Crippen LogP contribution in [0.2, 0.25) is 5.02 Å². The Balaban J connectivity index is 2.22. The molecule has 2 N–H and O–H groups in total. The topological polar surface area (TPSA) is 68.8 Å². The zero-order chi connectivity index (χ0) is 20.5. The van der Waals surface area contributed by atoms with Crippen molar-refractivity contribution in [2.45, 2.75) is 20.8 Å². The average Bonchev–Trinajstić information content (AvgIpc) is 2.64. The number of hydrogen-bond donors (Lipinski definition) is 2. The van der Waals surface area contributed by atoms with Crippen molar-refractivity contribution in [3.8, 4) is 17.2 Å². The first-order chi connectivity index (χ1) is 13.5. The number of ether oxygens (including phenoxy) is 3. The molecule has 2 rings (SSSR count). The van der Waals surface area contributed by atoms with Gasteiger partial charge in [-0.25, -0.2) is 0 Å². The highest BCUT2D eigenvalue weighted by Gasteiger charge is 2.19. The zero-order valence-corrected chi connectivity index (χ0v) is 17.6. The van der Waals surface area contributed by atoms with E-state index in [0.29, 0.717) is 53.3 Å². The summed E-state index contributed by atoms with van der Waals surface area (Å²) in [6.45, 7) is 6.86. The van der Waals surface area contributed by atoms with E-state index in [1.165, 1.54) is 0 Å². The zero-order valence-electron chi connectivity index (χ0n) is 16.0. The molecular formula is C20H23ClN2O4S. The lowest BCUT2D eigenvalue weighted by atomic mass is 10.1. The van der Waals surface area contributed by atoms with Crippen LogP contribution in [0, 0.1) is 0 Å². The molecule has 0 saturated carbocycles. The predicted molar refractivity (Wildman–Crippen MR) is 115 cm³/mol. The fraction of sp³-hybridized carbons (Fsp3) is 0.300. The molecule has 0 radical (unpaired) electrons. The first-order valence-corrected chi connectivity index (χ1v) is 9.71. The molecule has 0 aliphatic carbocycles. The normalized spacial score (nSPS) is 10.1. The number of halogens is 1. The molecule has 0 atom stereocenters. The van der Waals surface area contributed by atoms with Crippen LogP contribution in [-0.2, 0) is 0 Å². The van der Waals surface area contributed by atoms with Crippen LogP contribution in [0.1, 0.15) is 31.1 Å². The van der Waals surface area contributed by atoms with Crippen molar-refractivity contribution in [3.63, 3.8) is 0 Å². The maximum Gasteiger partial charge on any atom is 0.257 e. The fourth-order valence-electron chi connectivity index (χ4n) is 2.42. The average molecular weight is 423 g/mol. The maximum atomic E-state index is 12.7. The van der Waals surface area contributed by atoms with Gasteiger partial charge in [-0.15, -0.1) is 0 Å². The molecular weight excluding hydrogens is 400 g/mol. The SMILES string of the molecule is CCOc1cc(C(=O)NC(=S)Nc2cccc(Cl)c2)cc(OCC)c1OCC. The molecule has 0 spiro atoms. The molecule has 8 heteroatoms. The first-order valence-electron chi connectivity index (χ1n) is 8.92. The first kappa shape index (κ1) is 21.8. The number of carbonyl (C=O) groups excluding carboxylic acids is 1. The number of hydrogen-bond acceptors (Lipinski definition) is 5. The predicted octanol–water partition coefficient (Wildman–Crippen LogP) is 4.66. The van der Waals surface area contributed by atoms with Gasteiger partial charge in [0, 0.05) is 16.3 Å². The maximum absolute atomic E-state index is 12.7. The van der Waals surface area contributed by atoms with Gasteiger partial charge in [0.05, 0.1) is 19.8 Å². The molecule has 150 valence electrons. The summed E-state index contributed by atoms with van der Waals surface area (Å²) in [6.07, 6.45) is 0. The van der Waals surface area contributed by atoms with Crippen LogP contribution in [0.4, 0.5) is 5.69 Å². The largest absolute Gasteiger partial charge is 0.490 e. The lowest BCUT2D eigenvalue weighted by Gasteiger charge is -2.17. The number of carbonyl (C=O) groups is 1. The van der Waals surface area contributed by atoms with Gasteiger partial charge in [-0.05, 0) is 63.3 Å². The molecule has 0 aliphatic heterocycles. The number of anilines is 1. The van der Waals surface area contributed by atoms with Crippen molar-refractivity contribution in [1.82, 2.24) is 5.32 Å². The van der Waals surface area contributed by atoms with Crippen LogP contribution in [0.5, 0.6) is 17.2 Å². The summed E-state index contributed by atoms with van der Waals surface area (Å²) in [6, 6.07) is 10.2. The van der Waals surface area contributed by atoms with Crippen LogP contribution in [0.25, 0.3) is 0 Å². The summed E-state index contributed by atoms with van der Waals surface area (Å²) < 4.78 is 16.9. The Bertz CT molecular complexity index is 818. The quantitative estimate of drug-likeness (QED) is 0.603. The lowest BCUT2D eigenvalue weighted by molar-refractivity contribution is 0.0976. The molecule has 0 heterocycles. The van der Waals surface area contributed by atoms with Crippen molar-refractivity contribution in [3.05, 3.63) is 47.0 Å². The van der Waals surface area contributed by atoms with Crippen LogP contribution < -0.4 is 24.8 Å². The minimum absolute atomic E-state index is 0.150. The van der Waals surface area contributed by atoms with E-state index in [2.05, 4.69) is 10.6 Å². The summed E-state index contributed by atoms with van der Waals surface area (Å²) in [5.74, 6) is 0.954.